The summed E-state index contributed by atoms with van der Waals surface area (Å²) in [4.78, 5) is 2.17. The van der Waals surface area contributed by atoms with Crippen LogP contribution in [0.3, 0.4) is 0 Å². The average Bonchev–Trinajstić information content (AvgIpc) is 2.47. The van der Waals surface area contributed by atoms with E-state index in [0.29, 0.717) is 17.3 Å². The lowest BCUT2D eigenvalue weighted by molar-refractivity contribution is 0.174. The van der Waals surface area contributed by atoms with Crippen LogP contribution in [0, 0.1) is 0 Å². The first-order valence-electron chi connectivity index (χ1n) is 6.51. The number of thiocarbonyl (C=S) groups is 1. The molecule has 2 aliphatic heterocycles. The fraction of sp³-hybridized carbons (Fsp3) is 0.917. The Morgan fingerprint density at radius 2 is 2.06 bits per heavy atom. The normalized spacial score (nSPS) is 40.2. The van der Waals surface area contributed by atoms with Crippen molar-refractivity contribution in [1.29, 1.82) is 0 Å². The van der Waals surface area contributed by atoms with Gasteiger partial charge in [0.05, 0.1) is 6.04 Å². The second kappa shape index (κ2) is 4.95. The predicted molar refractivity (Wildman–Crippen MR) is 73.5 cm³/mol. The van der Waals surface area contributed by atoms with Crippen molar-refractivity contribution in [2.75, 3.05) is 7.05 Å². The van der Waals surface area contributed by atoms with E-state index in [1.165, 1.54) is 33.0 Å². The third-order valence-electron chi connectivity index (χ3n) is 4.10. The van der Waals surface area contributed by atoms with Gasteiger partial charge in [-0.1, -0.05) is 38.3 Å². The highest BCUT2D eigenvalue weighted by atomic mass is 32.1. The van der Waals surface area contributed by atoms with Crippen molar-refractivity contribution in [3.05, 3.63) is 0 Å². The Bertz CT molecular complexity index is 274. The average molecular weight is 239 g/mol. The molecule has 2 aliphatic rings. The lowest BCUT2D eigenvalue weighted by atomic mass is 9.54. The molecule has 0 radical (unpaired) electrons. The van der Waals surface area contributed by atoms with E-state index in [2.05, 4.69) is 25.8 Å². The number of likely N-dealkylation sites (N-methyl/N-ethyl adjacent to an activating group) is 1. The summed E-state index contributed by atoms with van der Waals surface area (Å²) in [5.41, 5.74) is 0. The monoisotopic (exact) mass is 239 g/mol. The second-order valence-electron chi connectivity index (χ2n) is 5.71. The fourth-order valence-corrected chi connectivity index (χ4v) is 3.49. The Balaban J connectivity index is 2.07. The van der Waals surface area contributed by atoms with Crippen molar-refractivity contribution in [3.63, 3.8) is 0 Å². The summed E-state index contributed by atoms with van der Waals surface area (Å²) < 4.78 is 5.83. The van der Waals surface area contributed by atoms with Gasteiger partial charge in [0.1, 0.15) is 13.4 Å². The molecule has 2 nitrogen and oxygen atoms in total. The Kier molecular flexibility index (Phi) is 3.78. The van der Waals surface area contributed by atoms with Gasteiger partial charge in [-0.05, 0) is 25.1 Å². The van der Waals surface area contributed by atoms with Crippen molar-refractivity contribution >= 4 is 24.7 Å². The summed E-state index contributed by atoms with van der Waals surface area (Å²) in [5.74, 6) is 1.63. The van der Waals surface area contributed by atoms with Crippen LogP contribution in [0.25, 0.3) is 0 Å². The molecule has 0 aliphatic carbocycles. The van der Waals surface area contributed by atoms with E-state index in [9.17, 15) is 0 Å². The zero-order chi connectivity index (χ0) is 11.7. The standard InChI is InChI=1S/C12H22BNOS/c1-8-5-4-6-10-11(7-9(2)13-8)15-12(16)14(10)3/h8-11,13H,4-7H2,1-3H3. The Morgan fingerprint density at radius 3 is 2.81 bits per heavy atom. The highest BCUT2D eigenvalue weighted by Crippen LogP contribution is 2.33. The highest BCUT2D eigenvalue weighted by molar-refractivity contribution is 7.80. The minimum Gasteiger partial charge on any atom is -0.465 e. The third-order valence-corrected chi connectivity index (χ3v) is 4.49. The molecule has 2 saturated heterocycles. The molecule has 2 rings (SSSR count). The molecule has 2 heterocycles. The summed E-state index contributed by atoms with van der Waals surface area (Å²) >= 11 is 5.24. The largest absolute Gasteiger partial charge is 0.465 e. The zero-order valence-electron chi connectivity index (χ0n) is 10.6. The molecule has 0 aromatic rings. The van der Waals surface area contributed by atoms with E-state index in [1.807, 2.05) is 0 Å². The van der Waals surface area contributed by atoms with Crippen molar-refractivity contribution in [2.45, 2.75) is 63.3 Å². The van der Waals surface area contributed by atoms with Crippen molar-refractivity contribution in [1.82, 2.24) is 4.90 Å². The number of hydrogen-bond acceptors (Lipinski definition) is 2. The summed E-state index contributed by atoms with van der Waals surface area (Å²) in [6, 6.07) is 0.528. The lowest BCUT2D eigenvalue weighted by Gasteiger charge is -2.22. The van der Waals surface area contributed by atoms with Gasteiger partial charge in [0, 0.05) is 7.05 Å². The lowest BCUT2D eigenvalue weighted by Crippen LogP contribution is -2.33. The second-order valence-corrected chi connectivity index (χ2v) is 6.06. The molecule has 4 unspecified atom stereocenters. The molecule has 2 fully saturated rings. The SMILES string of the molecule is CC1BC(C)CC2OC(=S)N(C)C2CCC1. The molecule has 0 aromatic heterocycles. The highest BCUT2D eigenvalue weighted by Gasteiger charge is 2.38. The first-order valence-corrected chi connectivity index (χ1v) is 6.92. The molecule has 4 heteroatoms. The van der Waals surface area contributed by atoms with Gasteiger partial charge in [-0.2, -0.15) is 0 Å². The van der Waals surface area contributed by atoms with Crippen LogP contribution < -0.4 is 0 Å². The van der Waals surface area contributed by atoms with Gasteiger partial charge in [-0.25, -0.2) is 0 Å². The van der Waals surface area contributed by atoms with Gasteiger partial charge in [0.2, 0.25) is 0 Å². The van der Waals surface area contributed by atoms with Gasteiger partial charge < -0.3 is 9.64 Å². The zero-order valence-corrected chi connectivity index (χ0v) is 11.4. The van der Waals surface area contributed by atoms with E-state index in [4.69, 9.17) is 17.0 Å². The van der Waals surface area contributed by atoms with Crippen molar-refractivity contribution in [2.24, 2.45) is 0 Å². The molecule has 0 spiro atoms. The van der Waals surface area contributed by atoms with Gasteiger partial charge in [-0.3, -0.25) is 0 Å². The van der Waals surface area contributed by atoms with E-state index in [1.54, 1.807) is 0 Å². The van der Waals surface area contributed by atoms with Crippen molar-refractivity contribution in [3.8, 4) is 0 Å². The van der Waals surface area contributed by atoms with Crippen molar-refractivity contribution < 1.29 is 4.74 Å². The molecule has 0 saturated carbocycles. The Labute approximate surface area is 105 Å². The van der Waals surface area contributed by atoms with E-state index in [0.717, 1.165) is 11.6 Å². The minimum absolute atomic E-state index is 0.345. The number of nitrogens with zero attached hydrogens (tertiary/aromatic N) is 1. The van der Waals surface area contributed by atoms with E-state index in [-0.39, 0.29) is 0 Å². The Morgan fingerprint density at radius 1 is 1.31 bits per heavy atom. The van der Waals surface area contributed by atoms with Crippen LogP contribution in [0.1, 0.15) is 39.5 Å². The molecule has 90 valence electrons. The summed E-state index contributed by atoms with van der Waals surface area (Å²) in [7, 11) is 3.42. The summed E-state index contributed by atoms with van der Waals surface area (Å²) in [6.07, 6.45) is 5.41. The van der Waals surface area contributed by atoms with E-state index < -0.39 is 0 Å². The number of fused-ring (bicyclic) bond motifs is 1. The van der Waals surface area contributed by atoms with Gasteiger partial charge in [0.25, 0.3) is 5.17 Å². The molecule has 0 amide bonds. The maximum atomic E-state index is 5.83. The molecular weight excluding hydrogens is 217 g/mol. The fourth-order valence-electron chi connectivity index (χ4n) is 3.23. The predicted octanol–water partition coefficient (Wildman–Crippen LogP) is 2.60. The first-order chi connectivity index (χ1) is 7.58. The van der Waals surface area contributed by atoms with Gasteiger partial charge in [0.15, 0.2) is 0 Å². The third kappa shape index (κ3) is 2.53. The van der Waals surface area contributed by atoms with Crippen LogP contribution in [0.4, 0.5) is 0 Å². The quantitative estimate of drug-likeness (QED) is 0.476. The van der Waals surface area contributed by atoms with Crippen LogP contribution in [-0.2, 0) is 4.74 Å². The van der Waals surface area contributed by atoms with Crippen LogP contribution in [0.15, 0.2) is 0 Å². The first kappa shape index (κ1) is 12.2. The van der Waals surface area contributed by atoms with Gasteiger partial charge in [-0.15, -0.1) is 0 Å². The molecule has 0 bridgehead atoms. The number of ether oxygens (including phenoxy) is 1. The molecule has 0 aromatic carbocycles. The van der Waals surface area contributed by atoms with Crippen LogP contribution in [-0.4, -0.2) is 36.5 Å². The summed E-state index contributed by atoms with van der Waals surface area (Å²) in [5, 5.41) is 0.704. The molecular formula is C12H22BNOS. The Hall–Kier alpha value is -0.245. The van der Waals surface area contributed by atoms with Crippen LogP contribution >= 0.6 is 12.2 Å². The van der Waals surface area contributed by atoms with E-state index >= 15 is 0 Å². The van der Waals surface area contributed by atoms with Gasteiger partial charge >= 0.3 is 0 Å². The smallest absolute Gasteiger partial charge is 0.259 e. The summed E-state index contributed by atoms with van der Waals surface area (Å²) in [6.45, 7) is 4.73. The number of hydrogen-bond donors (Lipinski definition) is 0. The van der Waals surface area contributed by atoms with Crippen LogP contribution in [0.5, 0.6) is 0 Å². The maximum Gasteiger partial charge on any atom is 0.259 e. The number of rotatable bonds is 0. The minimum atomic E-state index is 0.345. The van der Waals surface area contributed by atoms with Crippen LogP contribution in [0.2, 0.25) is 11.6 Å². The molecule has 0 N–H and O–H groups in total. The molecule has 16 heavy (non-hydrogen) atoms. The topological polar surface area (TPSA) is 12.5 Å². The maximum absolute atomic E-state index is 5.83. The molecule has 4 atom stereocenters.